The van der Waals surface area contributed by atoms with Gasteiger partial charge in [0.1, 0.15) is 5.75 Å². The molecule has 0 radical (unpaired) electrons. The van der Waals surface area contributed by atoms with E-state index >= 15 is 0 Å². The van der Waals surface area contributed by atoms with Gasteiger partial charge in [0.05, 0.1) is 19.0 Å². The zero-order valence-electron chi connectivity index (χ0n) is 20.3. The Labute approximate surface area is 233 Å². The maximum absolute atomic E-state index is 13.4. The van der Waals surface area contributed by atoms with Gasteiger partial charge in [0.15, 0.2) is 0 Å². The van der Waals surface area contributed by atoms with Crippen molar-refractivity contribution >= 4 is 62.8 Å². The summed E-state index contributed by atoms with van der Waals surface area (Å²) in [6, 6.07) is 19.4. The second-order valence-corrected chi connectivity index (χ2v) is 10.1. The van der Waals surface area contributed by atoms with Crippen LogP contribution in [0.4, 0.5) is 0 Å². The van der Waals surface area contributed by atoms with Crippen molar-refractivity contribution in [1.82, 2.24) is 15.2 Å². The quantitative estimate of drug-likeness (QED) is 0.212. The van der Waals surface area contributed by atoms with Crippen LogP contribution < -0.4 is 15.4 Å². The van der Waals surface area contributed by atoms with Crippen LogP contribution in [0.2, 0.25) is 5.02 Å². The number of aromatic nitrogens is 1. The fourth-order valence-corrected chi connectivity index (χ4v) is 4.80. The van der Waals surface area contributed by atoms with Crippen molar-refractivity contribution < 1.29 is 19.1 Å². The van der Waals surface area contributed by atoms with Gasteiger partial charge in [-0.15, -0.1) is 0 Å². The second-order valence-electron chi connectivity index (χ2n) is 8.39. The molecule has 0 atom stereocenters. The minimum absolute atomic E-state index is 0.0707. The van der Waals surface area contributed by atoms with Gasteiger partial charge in [-0.3, -0.25) is 19.0 Å². The molecule has 1 heterocycles. The summed E-state index contributed by atoms with van der Waals surface area (Å²) in [5, 5.41) is 6.97. The third-order valence-electron chi connectivity index (χ3n) is 5.99. The predicted molar refractivity (Wildman–Crippen MR) is 153 cm³/mol. The van der Waals surface area contributed by atoms with Crippen LogP contribution in [-0.4, -0.2) is 42.5 Å². The number of nitrogens with one attached hydrogen (secondary N) is 2. The summed E-state index contributed by atoms with van der Waals surface area (Å²) in [5.74, 6) is 0.00437. The Bertz CT molecular complexity index is 1480. The second kappa shape index (κ2) is 11.8. The lowest BCUT2D eigenvalue weighted by Gasteiger charge is -2.09. The lowest BCUT2D eigenvalue weighted by Crippen LogP contribution is -2.35. The van der Waals surface area contributed by atoms with Crippen molar-refractivity contribution in [1.29, 1.82) is 0 Å². The van der Waals surface area contributed by atoms with E-state index in [2.05, 4.69) is 33.2 Å². The summed E-state index contributed by atoms with van der Waals surface area (Å²) < 4.78 is 7.97. The first-order valence-corrected chi connectivity index (χ1v) is 13.0. The van der Waals surface area contributed by atoms with Crippen molar-refractivity contribution in [2.75, 3.05) is 20.2 Å². The Morgan fingerprint density at radius 1 is 0.946 bits per heavy atom. The number of amides is 2. The first kappa shape index (κ1) is 26.7. The molecule has 9 heteroatoms. The number of carbonyl (C=O) groups is 3. The van der Waals surface area contributed by atoms with E-state index in [0.717, 1.165) is 14.5 Å². The normalized spacial score (nSPS) is 10.8. The first-order chi connectivity index (χ1) is 17.8. The Kier molecular flexibility index (Phi) is 8.50. The summed E-state index contributed by atoms with van der Waals surface area (Å²) in [4.78, 5) is 38.6. The molecule has 2 amide bonds. The fourth-order valence-electron chi connectivity index (χ4n) is 4.13. The molecular weight excluding hydrogens is 605 g/mol. The van der Waals surface area contributed by atoms with Gasteiger partial charge in [-0.1, -0.05) is 17.7 Å². The highest BCUT2D eigenvalue weighted by Crippen LogP contribution is 2.30. The van der Waals surface area contributed by atoms with Gasteiger partial charge < -0.3 is 15.4 Å². The van der Waals surface area contributed by atoms with Crippen LogP contribution in [-0.2, 0) is 11.2 Å². The van der Waals surface area contributed by atoms with Gasteiger partial charge in [-0.25, -0.2) is 0 Å². The van der Waals surface area contributed by atoms with Gasteiger partial charge >= 0.3 is 0 Å². The summed E-state index contributed by atoms with van der Waals surface area (Å²) in [6.45, 7) is 2.39. The largest absolute Gasteiger partial charge is 0.497 e. The molecule has 0 fully saturated rings. The molecular formula is C28H25ClIN3O4. The Morgan fingerprint density at radius 3 is 2.38 bits per heavy atom. The number of fused-ring (bicyclic) bond motifs is 1. The molecule has 2 N–H and O–H groups in total. The average Bonchev–Trinajstić information content (AvgIpc) is 3.16. The molecule has 0 aliphatic carbocycles. The topological polar surface area (TPSA) is 89.4 Å². The number of nitrogens with zero attached hydrogens (tertiary/aromatic N) is 1. The van der Waals surface area contributed by atoms with Crippen molar-refractivity contribution in [2.45, 2.75) is 13.3 Å². The van der Waals surface area contributed by atoms with Crippen LogP contribution in [0.15, 0.2) is 66.7 Å². The lowest BCUT2D eigenvalue weighted by molar-refractivity contribution is -0.120. The molecule has 3 aromatic carbocycles. The SMILES string of the molecule is COc1ccc2c(c1)c(CC(=O)NCCNC(=O)c1cccc(I)c1)c(C)n2C(=O)c1ccc(Cl)cc1. The molecule has 0 bridgehead atoms. The van der Waals surface area contributed by atoms with Crippen molar-refractivity contribution in [2.24, 2.45) is 0 Å². The summed E-state index contributed by atoms with van der Waals surface area (Å²) >= 11 is 8.14. The zero-order valence-corrected chi connectivity index (χ0v) is 23.2. The van der Waals surface area contributed by atoms with Crippen LogP contribution in [0.1, 0.15) is 32.0 Å². The fraction of sp³-hybridized carbons (Fsp3) is 0.179. The maximum atomic E-state index is 13.4. The number of benzene rings is 3. The molecule has 1 aromatic heterocycles. The number of halogens is 2. The number of hydrogen-bond donors (Lipinski definition) is 2. The Hall–Kier alpha value is -3.37. The van der Waals surface area contributed by atoms with E-state index in [0.29, 0.717) is 39.7 Å². The summed E-state index contributed by atoms with van der Waals surface area (Å²) in [6.07, 6.45) is 0.0707. The van der Waals surface area contributed by atoms with E-state index in [1.54, 1.807) is 54.1 Å². The third kappa shape index (κ3) is 6.14. The molecule has 4 aromatic rings. The van der Waals surface area contributed by atoms with Gasteiger partial charge in [-0.05, 0) is 95.7 Å². The van der Waals surface area contributed by atoms with E-state index in [9.17, 15) is 14.4 Å². The number of hydrogen-bond acceptors (Lipinski definition) is 4. The van der Waals surface area contributed by atoms with Crippen molar-refractivity contribution in [3.8, 4) is 5.75 Å². The third-order valence-corrected chi connectivity index (χ3v) is 6.92. The van der Waals surface area contributed by atoms with E-state index in [-0.39, 0.29) is 30.7 Å². The minimum Gasteiger partial charge on any atom is -0.497 e. The van der Waals surface area contributed by atoms with Crippen LogP contribution in [0.25, 0.3) is 10.9 Å². The number of rotatable bonds is 8. The standard InChI is InChI=1S/C28H25ClIN3O4/c1-17-23(16-26(34)31-12-13-32-27(35)19-4-3-5-21(30)14-19)24-15-22(37-2)10-11-25(24)33(17)28(36)18-6-8-20(29)9-7-18/h3-11,14-15H,12-13,16H2,1-2H3,(H,31,34)(H,32,35). The van der Waals surface area contributed by atoms with E-state index in [4.69, 9.17) is 16.3 Å². The first-order valence-electron chi connectivity index (χ1n) is 11.6. The highest BCUT2D eigenvalue weighted by Gasteiger charge is 2.22. The molecule has 0 saturated heterocycles. The molecule has 190 valence electrons. The molecule has 7 nitrogen and oxygen atoms in total. The monoisotopic (exact) mass is 629 g/mol. The Morgan fingerprint density at radius 2 is 1.68 bits per heavy atom. The van der Waals surface area contributed by atoms with Crippen LogP contribution >= 0.6 is 34.2 Å². The molecule has 4 rings (SSSR count). The van der Waals surface area contributed by atoms with Gasteiger partial charge in [0, 0.05) is 43.9 Å². The highest BCUT2D eigenvalue weighted by molar-refractivity contribution is 14.1. The number of methoxy groups -OCH3 is 1. The molecule has 0 saturated carbocycles. The smallest absolute Gasteiger partial charge is 0.262 e. The molecule has 37 heavy (non-hydrogen) atoms. The van der Waals surface area contributed by atoms with Gasteiger partial charge in [-0.2, -0.15) is 0 Å². The maximum Gasteiger partial charge on any atom is 0.262 e. The molecule has 0 spiro atoms. The molecule has 0 aliphatic heterocycles. The molecule has 0 unspecified atom stereocenters. The van der Waals surface area contributed by atoms with E-state index in [1.165, 1.54) is 0 Å². The summed E-state index contributed by atoms with van der Waals surface area (Å²) in [5.41, 5.74) is 3.15. The number of ether oxygens (including phenoxy) is 1. The van der Waals surface area contributed by atoms with Crippen LogP contribution in [0, 0.1) is 10.5 Å². The number of carbonyl (C=O) groups excluding carboxylic acids is 3. The zero-order chi connectivity index (χ0) is 26.5. The minimum atomic E-state index is -0.215. The van der Waals surface area contributed by atoms with Gasteiger partial charge in [0.2, 0.25) is 5.91 Å². The van der Waals surface area contributed by atoms with Crippen LogP contribution in [0.5, 0.6) is 5.75 Å². The van der Waals surface area contributed by atoms with Crippen molar-refractivity contribution in [3.63, 3.8) is 0 Å². The Balaban J connectivity index is 1.49. The average molecular weight is 630 g/mol. The van der Waals surface area contributed by atoms with Gasteiger partial charge in [0.25, 0.3) is 11.8 Å². The predicted octanol–water partition coefficient (Wildman–Crippen LogP) is 4.99. The highest BCUT2D eigenvalue weighted by atomic mass is 127. The molecule has 0 aliphatic rings. The van der Waals surface area contributed by atoms with E-state index < -0.39 is 0 Å². The van der Waals surface area contributed by atoms with E-state index in [1.807, 2.05) is 31.2 Å². The van der Waals surface area contributed by atoms with Crippen molar-refractivity contribution in [3.05, 3.63) is 97.7 Å². The lowest BCUT2D eigenvalue weighted by atomic mass is 10.1. The van der Waals surface area contributed by atoms with Crippen LogP contribution in [0.3, 0.4) is 0 Å². The summed E-state index contributed by atoms with van der Waals surface area (Å²) in [7, 11) is 1.57.